The van der Waals surface area contributed by atoms with Gasteiger partial charge in [-0.05, 0) is 43.2 Å². The zero-order chi connectivity index (χ0) is 21.8. The average Bonchev–Trinajstić information content (AvgIpc) is 2.76. The quantitative estimate of drug-likeness (QED) is 0.187. The molecule has 0 saturated heterocycles. The molecule has 1 amide bonds. The topological polar surface area (TPSA) is 84.0 Å². The van der Waals surface area contributed by atoms with Gasteiger partial charge in [0.05, 0.1) is 13.2 Å². The van der Waals surface area contributed by atoms with E-state index in [2.05, 4.69) is 33.1 Å². The maximum absolute atomic E-state index is 11.7. The highest BCUT2D eigenvalue weighted by atomic mass is 127. The van der Waals surface area contributed by atoms with Gasteiger partial charge in [-0.2, -0.15) is 0 Å². The summed E-state index contributed by atoms with van der Waals surface area (Å²) in [5.74, 6) is 1.47. The highest BCUT2D eigenvalue weighted by Crippen LogP contribution is 2.20. The van der Waals surface area contributed by atoms with Crippen molar-refractivity contribution in [3.63, 3.8) is 0 Å². The lowest BCUT2D eigenvalue weighted by atomic mass is 10.1. The van der Waals surface area contributed by atoms with Gasteiger partial charge in [0.2, 0.25) is 0 Å². The maximum atomic E-state index is 11.7. The Morgan fingerprint density at radius 3 is 2.45 bits per heavy atom. The van der Waals surface area contributed by atoms with E-state index < -0.39 is 0 Å². The summed E-state index contributed by atoms with van der Waals surface area (Å²) in [6.45, 7) is 6.98. The zero-order valence-corrected chi connectivity index (χ0v) is 21.0. The van der Waals surface area contributed by atoms with Crippen molar-refractivity contribution in [3.8, 4) is 5.75 Å². The summed E-state index contributed by atoms with van der Waals surface area (Å²) in [7, 11) is 3.28. The SMILES string of the molecule is CCNC(=NCc1ccc(C(=O)NC)cc1)NCc1ccc(C)cc1OCCOC.I. The Labute approximate surface area is 202 Å². The molecule has 0 aromatic heterocycles. The van der Waals surface area contributed by atoms with Gasteiger partial charge in [0.1, 0.15) is 12.4 Å². The lowest BCUT2D eigenvalue weighted by molar-refractivity contribution is 0.0963. The minimum absolute atomic E-state index is 0. The van der Waals surface area contributed by atoms with Crippen molar-refractivity contribution >= 4 is 35.8 Å². The second-order valence-corrected chi connectivity index (χ2v) is 6.78. The Morgan fingerprint density at radius 2 is 1.81 bits per heavy atom. The van der Waals surface area contributed by atoms with Crippen LogP contribution in [0.25, 0.3) is 0 Å². The number of methoxy groups -OCH3 is 1. The van der Waals surface area contributed by atoms with E-state index in [0.717, 1.165) is 34.9 Å². The smallest absolute Gasteiger partial charge is 0.251 e. The predicted molar refractivity (Wildman–Crippen MR) is 135 cm³/mol. The summed E-state index contributed by atoms with van der Waals surface area (Å²) in [4.78, 5) is 16.3. The van der Waals surface area contributed by atoms with Crippen LogP contribution in [0, 0.1) is 6.92 Å². The molecule has 0 radical (unpaired) electrons. The van der Waals surface area contributed by atoms with Crippen LogP contribution in [0.15, 0.2) is 47.5 Å². The molecule has 0 bridgehead atoms. The number of rotatable bonds is 10. The van der Waals surface area contributed by atoms with Gasteiger partial charge in [-0.3, -0.25) is 4.79 Å². The van der Waals surface area contributed by atoms with Crippen LogP contribution in [0.2, 0.25) is 0 Å². The number of hydrogen-bond donors (Lipinski definition) is 3. The van der Waals surface area contributed by atoms with Gasteiger partial charge in [0.25, 0.3) is 5.91 Å². The Balaban J connectivity index is 0.00000480. The van der Waals surface area contributed by atoms with Gasteiger partial charge in [0.15, 0.2) is 5.96 Å². The van der Waals surface area contributed by atoms with Crippen molar-refractivity contribution in [2.45, 2.75) is 26.9 Å². The van der Waals surface area contributed by atoms with E-state index in [1.165, 1.54) is 0 Å². The second kappa shape index (κ2) is 14.6. The molecule has 7 nitrogen and oxygen atoms in total. The molecule has 0 atom stereocenters. The lowest BCUT2D eigenvalue weighted by Crippen LogP contribution is -2.36. The normalized spacial score (nSPS) is 10.8. The van der Waals surface area contributed by atoms with Gasteiger partial charge in [-0.15, -0.1) is 24.0 Å². The van der Waals surface area contributed by atoms with E-state index in [9.17, 15) is 4.79 Å². The van der Waals surface area contributed by atoms with Crippen molar-refractivity contribution in [1.82, 2.24) is 16.0 Å². The Morgan fingerprint density at radius 1 is 1.06 bits per heavy atom. The molecule has 2 rings (SSSR count). The first kappa shape index (κ1) is 26.7. The maximum Gasteiger partial charge on any atom is 0.251 e. The van der Waals surface area contributed by atoms with Crippen LogP contribution in [0.3, 0.4) is 0 Å². The molecule has 31 heavy (non-hydrogen) atoms. The zero-order valence-electron chi connectivity index (χ0n) is 18.7. The number of carbonyl (C=O) groups is 1. The summed E-state index contributed by atoms with van der Waals surface area (Å²) < 4.78 is 10.9. The Bertz CT molecular complexity index is 841. The molecular formula is C23H33IN4O3. The van der Waals surface area contributed by atoms with Crippen LogP contribution in [0.4, 0.5) is 0 Å². The Kier molecular flexibility index (Phi) is 12.6. The molecular weight excluding hydrogens is 507 g/mol. The molecule has 2 aromatic carbocycles. The number of benzene rings is 2. The molecule has 0 saturated carbocycles. The molecule has 8 heteroatoms. The first-order valence-corrected chi connectivity index (χ1v) is 10.1. The van der Waals surface area contributed by atoms with Gasteiger partial charge in [-0.25, -0.2) is 4.99 Å². The van der Waals surface area contributed by atoms with E-state index in [1.807, 2.05) is 32.0 Å². The van der Waals surface area contributed by atoms with Crippen molar-refractivity contribution < 1.29 is 14.3 Å². The second-order valence-electron chi connectivity index (χ2n) is 6.78. The third-order valence-electron chi connectivity index (χ3n) is 4.42. The van der Waals surface area contributed by atoms with Crippen molar-refractivity contribution in [2.24, 2.45) is 4.99 Å². The molecule has 0 aliphatic carbocycles. The standard InChI is InChI=1S/C23H32N4O3.HI/c1-5-25-23(26-15-18-7-10-19(11-8-18)22(28)24-3)27-16-20-9-6-17(2)14-21(20)30-13-12-29-4;/h6-11,14H,5,12-13,15-16H2,1-4H3,(H,24,28)(H2,25,26,27);1H. The van der Waals surface area contributed by atoms with Crippen LogP contribution < -0.4 is 20.7 Å². The van der Waals surface area contributed by atoms with Crippen molar-refractivity contribution in [1.29, 1.82) is 0 Å². The van der Waals surface area contributed by atoms with Gasteiger partial charge >= 0.3 is 0 Å². The number of hydrogen-bond acceptors (Lipinski definition) is 4. The largest absolute Gasteiger partial charge is 0.491 e. The number of guanidine groups is 1. The number of halogens is 1. The van der Waals surface area contributed by atoms with Crippen LogP contribution >= 0.6 is 24.0 Å². The highest BCUT2D eigenvalue weighted by Gasteiger charge is 2.07. The molecule has 2 aromatic rings. The monoisotopic (exact) mass is 540 g/mol. The summed E-state index contributed by atoms with van der Waals surface area (Å²) in [5.41, 5.74) is 3.86. The van der Waals surface area contributed by atoms with E-state index in [0.29, 0.717) is 31.9 Å². The highest BCUT2D eigenvalue weighted by molar-refractivity contribution is 14.0. The van der Waals surface area contributed by atoms with Gasteiger partial charge < -0.3 is 25.4 Å². The van der Waals surface area contributed by atoms with E-state index in [1.54, 1.807) is 26.3 Å². The molecule has 0 fully saturated rings. The number of carbonyl (C=O) groups excluding carboxylic acids is 1. The van der Waals surface area contributed by atoms with E-state index in [4.69, 9.17) is 9.47 Å². The summed E-state index contributed by atoms with van der Waals surface area (Å²) in [5, 5.41) is 9.24. The minimum atomic E-state index is -0.0957. The molecule has 0 aliphatic rings. The first-order chi connectivity index (χ1) is 14.6. The molecule has 0 aliphatic heterocycles. The molecule has 0 spiro atoms. The number of amides is 1. The fourth-order valence-corrected chi connectivity index (χ4v) is 2.77. The van der Waals surface area contributed by atoms with Crippen LogP contribution in [0.1, 0.15) is 34.0 Å². The Hall–Kier alpha value is -2.33. The molecule has 3 N–H and O–H groups in total. The van der Waals surface area contributed by atoms with Crippen LogP contribution in [-0.2, 0) is 17.8 Å². The number of ether oxygens (including phenoxy) is 2. The third-order valence-corrected chi connectivity index (χ3v) is 4.42. The first-order valence-electron chi connectivity index (χ1n) is 10.1. The summed E-state index contributed by atoms with van der Waals surface area (Å²) >= 11 is 0. The summed E-state index contributed by atoms with van der Waals surface area (Å²) in [6.07, 6.45) is 0. The molecule has 170 valence electrons. The van der Waals surface area contributed by atoms with Crippen LogP contribution in [-0.4, -0.2) is 45.8 Å². The van der Waals surface area contributed by atoms with Crippen molar-refractivity contribution in [2.75, 3.05) is 33.9 Å². The van der Waals surface area contributed by atoms with Gasteiger partial charge in [-0.1, -0.05) is 24.3 Å². The number of nitrogens with zero attached hydrogens (tertiary/aromatic N) is 1. The molecule has 0 heterocycles. The summed E-state index contributed by atoms with van der Waals surface area (Å²) in [6, 6.07) is 13.6. The molecule has 0 unspecified atom stereocenters. The fourth-order valence-electron chi connectivity index (χ4n) is 2.77. The number of aryl methyl sites for hydroxylation is 1. The minimum Gasteiger partial charge on any atom is -0.491 e. The fraction of sp³-hybridized carbons (Fsp3) is 0.391. The number of aliphatic imine (C=N–C) groups is 1. The lowest BCUT2D eigenvalue weighted by Gasteiger charge is -2.15. The van der Waals surface area contributed by atoms with E-state index >= 15 is 0 Å². The third kappa shape index (κ3) is 9.14. The van der Waals surface area contributed by atoms with Crippen LogP contribution in [0.5, 0.6) is 5.75 Å². The number of nitrogens with one attached hydrogen (secondary N) is 3. The van der Waals surface area contributed by atoms with Crippen molar-refractivity contribution in [3.05, 3.63) is 64.7 Å². The van der Waals surface area contributed by atoms with Gasteiger partial charge in [0, 0.05) is 38.4 Å². The predicted octanol–water partition coefficient (Wildman–Crippen LogP) is 3.25. The van der Waals surface area contributed by atoms with E-state index in [-0.39, 0.29) is 29.9 Å². The average molecular weight is 540 g/mol.